The zero-order valence-electron chi connectivity index (χ0n) is 13.9. The summed E-state index contributed by atoms with van der Waals surface area (Å²) in [5, 5.41) is 8.25. The Morgan fingerprint density at radius 1 is 1.25 bits per heavy atom. The Balaban J connectivity index is 1.53. The van der Waals surface area contributed by atoms with Crippen LogP contribution in [0.15, 0.2) is 24.3 Å². The number of carbonyl (C=O) groups is 2. The number of anilines is 2. The molecular formula is C17H24N4O3. The molecule has 0 spiro atoms. The van der Waals surface area contributed by atoms with E-state index in [4.69, 9.17) is 4.74 Å². The van der Waals surface area contributed by atoms with Crippen molar-refractivity contribution in [2.24, 2.45) is 0 Å². The fraction of sp³-hybridized carbons (Fsp3) is 0.529. The maximum absolute atomic E-state index is 12.1. The third-order valence-electron chi connectivity index (χ3n) is 4.15. The minimum absolute atomic E-state index is 0.228. The number of morpholine rings is 1. The molecule has 3 N–H and O–H groups in total. The molecule has 0 aromatic heterocycles. The zero-order chi connectivity index (χ0) is 16.9. The van der Waals surface area contributed by atoms with Crippen molar-refractivity contribution in [2.45, 2.75) is 31.8 Å². The third kappa shape index (κ3) is 4.61. The van der Waals surface area contributed by atoms with Crippen LogP contribution in [-0.2, 0) is 9.53 Å². The van der Waals surface area contributed by atoms with E-state index in [1.807, 2.05) is 24.3 Å². The van der Waals surface area contributed by atoms with Crippen LogP contribution in [0.4, 0.5) is 16.2 Å². The topological polar surface area (TPSA) is 82.7 Å². The first-order valence-electron chi connectivity index (χ1n) is 8.42. The van der Waals surface area contributed by atoms with Crippen LogP contribution < -0.4 is 20.9 Å². The molecule has 1 aromatic rings. The fourth-order valence-electron chi connectivity index (χ4n) is 2.60. The van der Waals surface area contributed by atoms with Gasteiger partial charge in [0, 0.05) is 30.5 Å². The lowest BCUT2D eigenvalue weighted by atomic mass is 10.2. The van der Waals surface area contributed by atoms with Gasteiger partial charge in [-0.05, 0) is 38.0 Å². The van der Waals surface area contributed by atoms with E-state index in [0.717, 1.165) is 50.5 Å². The van der Waals surface area contributed by atoms with Gasteiger partial charge >= 0.3 is 6.03 Å². The van der Waals surface area contributed by atoms with Crippen LogP contribution >= 0.6 is 0 Å². The van der Waals surface area contributed by atoms with Crippen molar-refractivity contribution in [2.75, 3.05) is 36.5 Å². The van der Waals surface area contributed by atoms with Crippen molar-refractivity contribution in [3.05, 3.63) is 24.3 Å². The molecule has 0 radical (unpaired) electrons. The summed E-state index contributed by atoms with van der Waals surface area (Å²) < 4.78 is 5.37. The normalized spacial score (nSPS) is 18.6. The average Bonchev–Trinajstić information content (AvgIpc) is 3.39. The minimum atomic E-state index is -0.505. The van der Waals surface area contributed by atoms with E-state index in [9.17, 15) is 9.59 Å². The average molecular weight is 332 g/mol. The van der Waals surface area contributed by atoms with E-state index in [0.29, 0.717) is 0 Å². The van der Waals surface area contributed by atoms with Crippen LogP contribution in [0.1, 0.15) is 19.8 Å². The van der Waals surface area contributed by atoms with E-state index in [2.05, 4.69) is 20.9 Å². The minimum Gasteiger partial charge on any atom is -0.378 e. The van der Waals surface area contributed by atoms with Gasteiger partial charge in [0.2, 0.25) is 5.91 Å². The smallest absolute Gasteiger partial charge is 0.321 e. The Morgan fingerprint density at radius 2 is 2.00 bits per heavy atom. The lowest BCUT2D eigenvalue weighted by Gasteiger charge is -2.29. The zero-order valence-corrected chi connectivity index (χ0v) is 13.9. The van der Waals surface area contributed by atoms with Crippen LogP contribution in [0.25, 0.3) is 0 Å². The molecule has 7 heteroatoms. The molecular weight excluding hydrogens is 308 g/mol. The number of ether oxygens (including phenoxy) is 1. The summed E-state index contributed by atoms with van der Waals surface area (Å²) in [6, 6.07) is 7.23. The molecule has 1 aliphatic heterocycles. The molecule has 130 valence electrons. The number of nitrogens with one attached hydrogen (secondary N) is 3. The second-order valence-corrected chi connectivity index (χ2v) is 6.25. The molecule has 1 aliphatic carbocycles. The summed E-state index contributed by atoms with van der Waals surface area (Å²) in [7, 11) is 0. The second kappa shape index (κ2) is 7.53. The predicted octanol–water partition coefficient (Wildman–Crippen LogP) is 1.31. The lowest BCUT2D eigenvalue weighted by Crippen LogP contribution is -2.46. The number of nitrogens with zero attached hydrogens (tertiary/aromatic N) is 1. The van der Waals surface area contributed by atoms with Crippen LogP contribution in [0.5, 0.6) is 0 Å². The van der Waals surface area contributed by atoms with E-state index < -0.39 is 12.1 Å². The molecule has 1 saturated carbocycles. The number of hydrogen-bond acceptors (Lipinski definition) is 5. The molecule has 1 heterocycles. The van der Waals surface area contributed by atoms with Gasteiger partial charge in [-0.2, -0.15) is 0 Å². The second-order valence-electron chi connectivity index (χ2n) is 6.25. The Morgan fingerprint density at radius 3 is 2.71 bits per heavy atom. The number of carbonyl (C=O) groups excluding carboxylic acids is 2. The summed E-state index contributed by atoms with van der Waals surface area (Å²) in [5.74, 6) is -0.343. The van der Waals surface area contributed by atoms with Crippen molar-refractivity contribution in [3.8, 4) is 0 Å². The number of hydrogen-bond donors (Lipinski definition) is 3. The van der Waals surface area contributed by atoms with E-state index in [-0.39, 0.29) is 11.9 Å². The van der Waals surface area contributed by atoms with Crippen LogP contribution in [0, 0.1) is 0 Å². The number of amides is 3. The monoisotopic (exact) mass is 332 g/mol. The van der Waals surface area contributed by atoms with E-state index >= 15 is 0 Å². The molecule has 1 unspecified atom stereocenters. The van der Waals surface area contributed by atoms with Gasteiger partial charge in [-0.3, -0.25) is 10.1 Å². The standard InChI is InChI=1S/C17H24N4O3/c1-12(16(22)20-17(23)19-13-5-6-13)18-14-3-2-4-15(11-14)21-7-9-24-10-8-21/h2-4,11-13,18H,5-10H2,1H3,(H2,19,20,22,23). The number of imide groups is 1. The predicted molar refractivity (Wildman–Crippen MR) is 92.3 cm³/mol. The number of benzene rings is 1. The third-order valence-corrected chi connectivity index (χ3v) is 4.15. The van der Waals surface area contributed by atoms with Crippen molar-refractivity contribution in [1.29, 1.82) is 0 Å². The lowest BCUT2D eigenvalue weighted by molar-refractivity contribution is -0.120. The van der Waals surface area contributed by atoms with E-state index in [1.165, 1.54) is 0 Å². The van der Waals surface area contributed by atoms with Gasteiger partial charge < -0.3 is 20.3 Å². The maximum Gasteiger partial charge on any atom is 0.321 e. The Hall–Kier alpha value is -2.28. The fourth-order valence-corrected chi connectivity index (χ4v) is 2.60. The highest BCUT2D eigenvalue weighted by molar-refractivity contribution is 5.98. The van der Waals surface area contributed by atoms with Crippen molar-refractivity contribution in [1.82, 2.24) is 10.6 Å². The van der Waals surface area contributed by atoms with Crippen molar-refractivity contribution in [3.63, 3.8) is 0 Å². The van der Waals surface area contributed by atoms with Crippen LogP contribution in [-0.4, -0.2) is 50.3 Å². The molecule has 2 aliphatic rings. The molecule has 1 saturated heterocycles. The van der Waals surface area contributed by atoms with Gasteiger partial charge in [-0.25, -0.2) is 4.79 Å². The van der Waals surface area contributed by atoms with Crippen LogP contribution in [0.3, 0.4) is 0 Å². The van der Waals surface area contributed by atoms with Gasteiger partial charge in [0.05, 0.1) is 13.2 Å². The summed E-state index contributed by atoms with van der Waals surface area (Å²) in [4.78, 5) is 26.0. The van der Waals surface area contributed by atoms with Gasteiger partial charge in [0.25, 0.3) is 0 Å². The Bertz CT molecular complexity index is 597. The molecule has 1 atom stereocenters. The first-order chi connectivity index (χ1) is 11.6. The molecule has 24 heavy (non-hydrogen) atoms. The molecule has 3 amide bonds. The Kier molecular flexibility index (Phi) is 5.20. The van der Waals surface area contributed by atoms with Crippen LogP contribution in [0.2, 0.25) is 0 Å². The van der Waals surface area contributed by atoms with Crippen molar-refractivity contribution >= 4 is 23.3 Å². The molecule has 7 nitrogen and oxygen atoms in total. The van der Waals surface area contributed by atoms with Crippen molar-refractivity contribution < 1.29 is 14.3 Å². The molecule has 1 aromatic carbocycles. The first-order valence-corrected chi connectivity index (χ1v) is 8.42. The Labute approximate surface area is 141 Å². The number of rotatable bonds is 5. The van der Waals surface area contributed by atoms with Gasteiger partial charge in [0.15, 0.2) is 0 Å². The molecule has 3 rings (SSSR count). The summed E-state index contributed by atoms with van der Waals surface area (Å²) in [6.07, 6.45) is 1.98. The quantitative estimate of drug-likeness (QED) is 0.757. The summed E-state index contributed by atoms with van der Waals surface area (Å²) in [5.41, 5.74) is 1.95. The first kappa shape index (κ1) is 16.6. The van der Waals surface area contributed by atoms with Gasteiger partial charge in [-0.1, -0.05) is 6.07 Å². The summed E-state index contributed by atoms with van der Waals surface area (Å²) in [6.45, 7) is 4.92. The number of urea groups is 1. The maximum atomic E-state index is 12.1. The molecule has 2 fully saturated rings. The highest BCUT2D eigenvalue weighted by atomic mass is 16.5. The highest BCUT2D eigenvalue weighted by Gasteiger charge is 2.25. The largest absolute Gasteiger partial charge is 0.378 e. The van der Waals surface area contributed by atoms with Gasteiger partial charge in [-0.15, -0.1) is 0 Å². The van der Waals surface area contributed by atoms with Gasteiger partial charge in [0.1, 0.15) is 6.04 Å². The summed E-state index contributed by atoms with van der Waals surface area (Å²) >= 11 is 0. The highest BCUT2D eigenvalue weighted by Crippen LogP contribution is 2.21. The SMILES string of the molecule is CC(Nc1cccc(N2CCOCC2)c1)C(=O)NC(=O)NC1CC1. The molecule has 0 bridgehead atoms. The van der Waals surface area contributed by atoms with E-state index in [1.54, 1.807) is 6.92 Å².